The van der Waals surface area contributed by atoms with Gasteiger partial charge in [-0.25, -0.2) is 0 Å². The van der Waals surface area contributed by atoms with E-state index >= 15 is 0 Å². The van der Waals surface area contributed by atoms with Crippen molar-refractivity contribution >= 4 is 5.97 Å². The molecule has 3 aliphatic rings. The van der Waals surface area contributed by atoms with E-state index in [0.717, 1.165) is 24.7 Å². The second-order valence-corrected chi connectivity index (χ2v) is 8.45. The molecule has 2 heteroatoms. The Kier molecular flexibility index (Phi) is 6.41. The van der Waals surface area contributed by atoms with Gasteiger partial charge in [0.25, 0.3) is 0 Å². The Morgan fingerprint density at radius 3 is 2.54 bits per heavy atom. The van der Waals surface area contributed by atoms with Gasteiger partial charge in [0, 0.05) is 0 Å². The molecule has 0 saturated heterocycles. The molecule has 0 aromatic carbocycles. The van der Waals surface area contributed by atoms with Crippen molar-refractivity contribution in [1.82, 2.24) is 0 Å². The van der Waals surface area contributed by atoms with Crippen LogP contribution in [0.15, 0.2) is 12.2 Å². The molecule has 2 saturated carbocycles. The fourth-order valence-electron chi connectivity index (χ4n) is 5.26. The summed E-state index contributed by atoms with van der Waals surface area (Å²) < 4.78 is 5.45. The van der Waals surface area contributed by atoms with Gasteiger partial charge in [0.05, 0.1) is 12.0 Å². The average molecular weight is 333 g/mol. The second kappa shape index (κ2) is 8.54. The zero-order valence-electron chi connectivity index (χ0n) is 15.6. The normalized spacial score (nSPS) is 39.0. The maximum atomic E-state index is 12.6. The van der Waals surface area contributed by atoms with Crippen LogP contribution >= 0.6 is 0 Å². The lowest BCUT2D eigenvalue weighted by Gasteiger charge is -2.22. The van der Waals surface area contributed by atoms with Crippen LogP contribution in [0.4, 0.5) is 0 Å². The van der Waals surface area contributed by atoms with Crippen LogP contribution in [0.2, 0.25) is 0 Å². The van der Waals surface area contributed by atoms with Crippen molar-refractivity contribution in [2.45, 2.75) is 90.4 Å². The molecule has 0 aromatic rings. The molecule has 0 bridgehead atoms. The Morgan fingerprint density at radius 2 is 1.71 bits per heavy atom. The molecule has 0 radical (unpaired) electrons. The van der Waals surface area contributed by atoms with E-state index in [1.807, 2.05) is 6.92 Å². The van der Waals surface area contributed by atoms with E-state index < -0.39 is 0 Å². The molecule has 0 spiro atoms. The summed E-state index contributed by atoms with van der Waals surface area (Å²) in [5.41, 5.74) is -0.167. The SMILES string of the molecule is CCOC(=O)C12CCC3CCCC3CCCCCCC/C=C\C1C2. The zero-order valence-corrected chi connectivity index (χ0v) is 15.6. The second-order valence-electron chi connectivity index (χ2n) is 8.45. The van der Waals surface area contributed by atoms with Gasteiger partial charge >= 0.3 is 5.97 Å². The molecule has 0 N–H and O–H groups in total. The van der Waals surface area contributed by atoms with Gasteiger partial charge in [-0.2, -0.15) is 0 Å². The lowest BCUT2D eigenvalue weighted by molar-refractivity contribution is -0.150. The molecule has 0 aliphatic heterocycles. The van der Waals surface area contributed by atoms with E-state index in [2.05, 4.69) is 12.2 Å². The maximum absolute atomic E-state index is 12.6. The number of hydrogen-bond acceptors (Lipinski definition) is 2. The predicted molar refractivity (Wildman–Crippen MR) is 98.7 cm³/mol. The van der Waals surface area contributed by atoms with Crippen LogP contribution in [0.25, 0.3) is 0 Å². The van der Waals surface area contributed by atoms with Crippen LogP contribution in [0.3, 0.4) is 0 Å². The summed E-state index contributed by atoms with van der Waals surface area (Å²) in [7, 11) is 0. The number of fused-ring (bicyclic) bond motifs is 2. The fourth-order valence-corrected chi connectivity index (χ4v) is 5.26. The Balaban J connectivity index is 1.66. The van der Waals surface area contributed by atoms with Gasteiger partial charge in [-0.05, 0) is 56.8 Å². The predicted octanol–water partition coefficient (Wildman–Crippen LogP) is 6.05. The van der Waals surface area contributed by atoms with Crippen molar-refractivity contribution in [3.8, 4) is 0 Å². The van der Waals surface area contributed by atoms with E-state index in [0.29, 0.717) is 12.5 Å². The molecule has 0 heterocycles. The number of allylic oxidation sites excluding steroid dienone is 2. The minimum atomic E-state index is -0.167. The lowest BCUT2D eigenvalue weighted by Crippen LogP contribution is -2.23. The van der Waals surface area contributed by atoms with Gasteiger partial charge in [0.1, 0.15) is 0 Å². The van der Waals surface area contributed by atoms with E-state index in [9.17, 15) is 4.79 Å². The Morgan fingerprint density at radius 1 is 1.00 bits per heavy atom. The van der Waals surface area contributed by atoms with Gasteiger partial charge in [-0.3, -0.25) is 4.79 Å². The van der Waals surface area contributed by atoms with E-state index in [4.69, 9.17) is 4.74 Å². The quantitative estimate of drug-likeness (QED) is 0.454. The van der Waals surface area contributed by atoms with Crippen molar-refractivity contribution in [3.05, 3.63) is 12.2 Å². The topological polar surface area (TPSA) is 26.3 Å². The third-order valence-corrected chi connectivity index (χ3v) is 6.91. The summed E-state index contributed by atoms with van der Waals surface area (Å²) in [5.74, 6) is 2.33. The largest absolute Gasteiger partial charge is 0.466 e. The molecule has 24 heavy (non-hydrogen) atoms. The van der Waals surface area contributed by atoms with Crippen LogP contribution in [0.1, 0.15) is 90.4 Å². The zero-order chi connectivity index (χ0) is 16.8. The first kappa shape index (κ1) is 18.0. The summed E-state index contributed by atoms with van der Waals surface area (Å²) in [6.45, 7) is 2.45. The van der Waals surface area contributed by atoms with Crippen LogP contribution < -0.4 is 0 Å². The van der Waals surface area contributed by atoms with Crippen molar-refractivity contribution in [2.24, 2.45) is 23.2 Å². The molecule has 0 aromatic heterocycles. The third kappa shape index (κ3) is 4.24. The minimum absolute atomic E-state index is 0.0820. The van der Waals surface area contributed by atoms with Crippen LogP contribution in [0.5, 0.6) is 0 Å². The van der Waals surface area contributed by atoms with Gasteiger partial charge in [-0.1, -0.05) is 63.5 Å². The Bertz CT molecular complexity index is 441. The Hall–Kier alpha value is -0.790. The molecule has 3 aliphatic carbocycles. The van der Waals surface area contributed by atoms with Crippen molar-refractivity contribution in [2.75, 3.05) is 6.61 Å². The molecule has 2 nitrogen and oxygen atoms in total. The highest BCUT2D eigenvalue weighted by atomic mass is 16.5. The number of rotatable bonds is 2. The molecule has 4 unspecified atom stereocenters. The standard InChI is InChI=1S/C22H36O2/c1-2-24-21(23)22-16-15-19-13-10-12-18(19)11-8-6-4-3-5-7-9-14-20(22)17-22/h9,14,18-20H,2-8,10-13,15-17H2,1H3/b14-9-. The fraction of sp³-hybridized carbons (Fsp3) is 0.864. The van der Waals surface area contributed by atoms with Crippen LogP contribution in [-0.2, 0) is 9.53 Å². The van der Waals surface area contributed by atoms with Gasteiger partial charge in [0.2, 0.25) is 0 Å². The van der Waals surface area contributed by atoms with Gasteiger partial charge < -0.3 is 4.74 Å². The molecule has 4 atom stereocenters. The first-order valence-corrected chi connectivity index (χ1v) is 10.6. The van der Waals surface area contributed by atoms with Crippen molar-refractivity contribution < 1.29 is 9.53 Å². The summed E-state index contributed by atoms with van der Waals surface area (Å²) in [6.07, 6.45) is 21.8. The molecule has 0 amide bonds. The van der Waals surface area contributed by atoms with Crippen molar-refractivity contribution in [3.63, 3.8) is 0 Å². The molecule has 3 rings (SSSR count). The maximum Gasteiger partial charge on any atom is 0.312 e. The smallest absolute Gasteiger partial charge is 0.312 e. The van der Waals surface area contributed by atoms with E-state index in [1.165, 1.54) is 70.6 Å². The molecule has 2 fully saturated rings. The summed E-state index contributed by atoms with van der Waals surface area (Å²) in [4.78, 5) is 12.6. The number of hydrogen-bond donors (Lipinski definition) is 0. The van der Waals surface area contributed by atoms with Crippen LogP contribution in [-0.4, -0.2) is 12.6 Å². The number of ether oxygens (including phenoxy) is 1. The molecular weight excluding hydrogens is 296 g/mol. The first-order valence-electron chi connectivity index (χ1n) is 10.6. The number of carbonyl (C=O) groups is 1. The Labute approximate surface area is 148 Å². The van der Waals surface area contributed by atoms with E-state index in [-0.39, 0.29) is 11.4 Å². The van der Waals surface area contributed by atoms with Crippen LogP contribution in [0, 0.1) is 23.2 Å². The lowest BCUT2D eigenvalue weighted by atomic mass is 9.84. The first-order chi connectivity index (χ1) is 11.8. The summed E-state index contributed by atoms with van der Waals surface area (Å²) in [5, 5.41) is 0. The number of carbonyl (C=O) groups excluding carboxylic acids is 1. The third-order valence-electron chi connectivity index (χ3n) is 6.91. The monoisotopic (exact) mass is 332 g/mol. The van der Waals surface area contributed by atoms with Crippen molar-refractivity contribution in [1.29, 1.82) is 0 Å². The highest BCUT2D eigenvalue weighted by molar-refractivity contribution is 5.81. The van der Waals surface area contributed by atoms with Gasteiger partial charge in [-0.15, -0.1) is 0 Å². The summed E-state index contributed by atoms with van der Waals surface area (Å²) >= 11 is 0. The highest BCUT2D eigenvalue weighted by Gasteiger charge is 2.59. The van der Waals surface area contributed by atoms with Gasteiger partial charge in [0.15, 0.2) is 0 Å². The molecular formula is C22H36O2. The van der Waals surface area contributed by atoms with E-state index in [1.54, 1.807) is 0 Å². The molecule has 136 valence electrons. The minimum Gasteiger partial charge on any atom is -0.466 e. The summed E-state index contributed by atoms with van der Waals surface area (Å²) in [6, 6.07) is 0. The highest BCUT2D eigenvalue weighted by Crippen LogP contribution is 2.59. The average Bonchev–Trinajstić information content (AvgIpc) is 3.11. The number of esters is 1.